The maximum Gasteiger partial charge on any atom is 0.251 e. The van der Waals surface area contributed by atoms with E-state index in [1.165, 1.54) is 4.88 Å². The van der Waals surface area contributed by atoms with E-state index in [0.717, 1.165) is 54.7 Å². The Bertz CT molecular complexity index is 992. The van der Waals surface area contributed by atoms with Gasteiger partial charge in [0.25, 0.3) is 5.91 Å². The number of amides is 1. The van der Waals surface area contributed by atoms with Gasteiger partial charge in [0.15, 0.2) is 0 Å². The minimum absolute atomic E-state index is 0.399. The van der Waals surface area contributed by atoms with Crippen molar-refractivity contribution in [1.29, 1.82) is 5.26 Å². The molecular weight excluding hydrogens is 366 g/mol. The minimum Gasteiger partial charge on any atom is -0.366 e. The van der Waals surface area contributed by atoms with E-state index in [1.807, 2.05) is 19.1 Å². The Balaban J connectivity index is 2.12. The maximum absolute atomic E-state index is 12.4. The summed E-state index contributed by atoms with van der Waals surface area (Å²) in [7, 11) is 0. The quantitative estimate of drug-likeness (QED) is 0.581. The molecule has 3 rings (SSSR count). The molecule has 0 aliphatic heterocycles. The molecule has 4 nitrogen and oxygen atoms in total. The van der Waals surface area contributed by atoms with Crippen LogP contribution < -0.4 is 5.73 Å². The zero-order chi connectivity index (χ0) is 20.1. The molecule has 1 aromatic carbocycles. The summed E-state index contributed by atoms with van der Waals surface area (Å²) < 4.78 is 2.27. The summed E-state index contributed by atoms with van der Waals surface area (Å²) in [5, 5.41) is 11.2. The molecule has 2 aromatic heterocycles. The fourth-order valence-corrected chi connectivity index (χ4v) is 4.40. The van der Waals surface area contributed by atoms with Crippen LogP contribution in [0.15, 0.2) is 41.8 Å². The molecule has 0 spiro atoms. The van der Waals surface area contributed by atoms with E-state index in [4.69, 9.17) is 11.0 Å². The van der Waals surface area contributed by atoms with E-state index in [-0.39, 0.29) is 0 Å². The van der Waals surface area contributed by atoms with Crippen LogP contribution in [0.1, 0.15) is 52.0 Å². The number of rotatable bonds is 8. The van der Waals surface area contributed by atoms with Crippen molar-refractivity contribution < 1.29 is 4.79 Å². The van der Waals surface area contributed by atoms with Crippen molar-refractivity contribution in [1.82, 2.24) is 4.57 Å². The molecule has 28 heavy (non-hydrogen) atoms. The number of unbranched alkanes of at least 4 members (excludes halogenated alkanes) is 1. The van der Waals surface area contributed by atoms with Gasteiger partial charge in [-0.1, -0.05) is 31.5 Å². The van der Waals surface area contributed by atoms with E-state index < -0.39 is 5.91 Å². The lowest BCUT2D eigenvalue weighted by Gasteiger charge is -2.13. The average molecular weight is 392 g/mol. The van der Waals surface area contributed by atoms with Crippen LogP contribution in [0.2, 0.25) is 0 Å². The number of thiophene rings is 1. The highest BCUT2D eigenvalue weighted by atomic mass is 32.1. The van der Waals surface area contributed by atoms with Crippen LogP contribution in [0.25, 0.3) is 11.1 Å². The average Bonchev–Trinajstić information content (AvgIpc) is 3.30. The molecule has 0 fully saturated rings. The lowest BCUT2D eigenvalue weighted by molar-refractivity contribution is 0.1000. The molecule has 0 saturated heterocycles. The van der Waals surface area contributed by atoms with Crippen LogP contribution in [0.3, 0.4) is 0 Å². The van der Waals surface area contributed by atoms with Crippen molar-refractivity contribution >= 4 is 17.2 Å². The van der Waals surface area contributed by atoms with Crippen molar-refractivity contribution in [3.05, 3.63) is 69.2 Å². The van der Waals surface area contributed by atoms with Gasteiger partial charge in [-0.3, -0.25) is 4.79 Å². The molecular formula is C23H25N3OS. The fourth-order valence-electron chi connectivity index (χ4n) is 3.71. The van der Waals surface area contributed by atoms with Crippen LogP contribution in [0.5, 0.6) is 0 Å². The van der Waals surface area contributed by atoms with Crippen molar-refractivity contribution in [2.24, 2.45) is 5.73 Å². The van der Waals surface area contributed by atoms with Gasteiger partial charge in [0, 0.05) is 28.4 Å². The molecule has 0 bridgehead atoms. The van der Waals surface area contributed by atoms with Gasteiger partial charge in [-0.2, -0.15) is 5.26 Å². The second-order valence-electron chi connectivity index (χ2n) is 6.92. The molecule has 0 aliphatic carbocycles. The van der Waals surface area contributed by atoms with Gasteiger partial charge in [-0.25, -0.2) is 0 Å². The number of carbonyl (C=O) groups is 1. The Kier molecular flexibility index (Phi) is 6.33. The predicted octanol–water partition coefficient (Wildman–Crippen LogP) is 5.08. The number of nitrogens with two attached hydrogens (primary N) is 1. The highest BCUT2D eigenvalue weighted by molar-refractivity contribution is 7.09. The molecule has 0 atom stereocenters. The Morgan fingerprint density at radius 3 is 2.54 bits per heavy atom. The lowest BCUT2D eigenvalue weighted by Crippen LogP contribution is -2.13. The van der Waals surface area contributed by atoms with Crippen molar-refractivity contribution in [2.45, 2.75) is 46.1 Å². The third-order valence-electron chi connectivity index (χ3n) is 5.11. The summed E-state index contributed by atoms with van der Waals surface area (Å²) in [6.07, 6.45) is 3.94. The number of aromatic nitrogens is 1. The second-order valence-corrected chi connectivity index (χ2v) is 7.95. The summed E-state index contributed by atoms with van der Waals surface area (Å²) in [5.41, 5.74) is 11.0. The van der Waals surface area contributed by atoms with Gasteiger partial charge in [0.05, 0.1) is 17.2 Å². The molecule has 0 radical (unpaired) electrons. The van der Waals surface area contributed by atoms with Crippen molar-refractivity contribution in [3.63, 3.8) is 0 Å². The smallest absolute Gasteiger partial charge is 0.251 e. The molecule has 0 aliphatic rings. The van der Waals surface area contributed by atoms with Gasteiger partial charge in [0.1, 0.15) is 0 Å². The number of aryl methyl sites for hydroxylation is 1. The van der Waals surface area contributed by atoms with Crippen molar-refractivity contribution in [2.75, 3.05) is 0 Å². The molecule has 0 unspecified atom stereocenters. The predicted molar refractivity (Wildman–Crippen MR) is 114 cm³/mol. The first-order chi connectivity index (χ1) is 13.6. The Labute approximate surface area is 170 Å². The number of nitriles is 1. The first-order valence-electron chi connectivity index (χ1n) is 9.61. The van der Waals surface area contributed by atoms with Crippen LogP contribution >= 0.6 is 11.3 Å². The molecule has 144 valence electrons. The topological polar surface area (TPSA) is 71.8 Å². The number of nitrogens with zero attached hydrogens (tertiary/aromatic N) is 2. The minimum atomic E-state index is -0.399. The summed E-state index contributed by atoms with van der Waals surface area (Å²) in [4.78, 5) is 13.7. The Morgan fingerprint density at radius 1 is 1.21 bits per heavy atom. The number of hydrogen-bond acceptors (Lipinski definition) is 3. The van der Waals surface area contributed by atoms with Crippen molar-refractivity contribution in [3.8, 4) is 17.2 Å². The summed E-state index contributed by atoms with van der Waals surface area (Å²) in [6, 6.07) is 13.8. The van der Waals surface area contributed by atoms with E-state index in [1.54, 1.807) is 23.5 Å². The van der Waals surface area contributed by atoms with E-state index in [0.29, 0.717) is 11.1 Å². The lowest BCUT2D eigenvalue weighted by atomic mass is 9.97. The summed E-state index contributed by atoms with van der Waals surface area (Å²) in [6.45, 7) is 4.97. The van der Waals surface area contributed by atoms with E-state index in [2.05, 4.69) is 35.1 Å². The van der Waals surface area contributed by atoms with E-state index in [9.17, 15) is 4.79 Å². The molecule has 5 heteroatoms. The van der Waals surface area contributed by atoms with Gasteiger partial charge in [-0.15, -0.1) is 11.3 Å². The molecule has 2 N–H and O–H groups in total. The third-order valence-corrected chi connectivity index (χ3v) is 6.05. The number of carbonyl (C=O) groups excluding carboxylic acids is 1. The van der Waals surface area contributed by atoms with E-state index >= 15 is 0 Å². The number of benzene rings is 1. The van der Waals surface area contributed by atoms with Crippen LogP contribution in [0.4, 0.5) is 0 Å². The first-order valence-corrected chi connectivity index (χ1v) is 10.5. The highest BCUT2D eigenvalue weighted by Gasteiger charge is 2.24. The zero-order valence-corrected chi connectivity index (χ0v) is 17.2. The number of primary amides is 1. The summed E-state index contributed by atoms with van der Waals surface area (Å²) in [5.74, 6) is -0.399. The monoisotopic (exact) mass is 391 g/mol. The van der Waals surface area contributed by atoms with Gasteiger partial charge >= 0.3 is 0 Å². The normalized spacial score (nSPS) is 10.8. The van der Waals surface area contributed by atoms with Crippen LogP contribution in [-0.2, 0) is 19.4 Å². The largest absolute Gasteiger partial charge is 0.366 e. The second kappa shape index (κ2) is 8.90. The third kappa shape index (κ3) is 4.02. The molecule has 2 heterocycles. The SMILES string of the molecule is CCCCc1c(-c2ccc(C#N)cc2)c(C(N)=O)c(C)n1CCc1cccs1. The molecule has 3 aromatic rings. The highest BCUT2D eigenvalue weighted by Crippen LogP contribution is 2.34. The first kappa shape index (κ1) is 19.9. The van der Waals surface area contributed by atoms with Gasteiger partial charge < -0.3 is 10.3 Å². The Hall–Kier alpha value is -2.84. The maximum atomic E-state index is 12.4. The standard InChI is InChI=1S/C23H25N3OS/c1-3-4-7-20-22(18-10-8-17(15-24)9-11-18)21(23(25)27)16(2)26(20)13-12-19-6-5-14-28-19/h5-6,8-11,14H,3-4,7,12-13H2,1-2H3,(H2,25,27). The fraction of sp³-hybridized carbons (Fsp3) is 0.304. The number of hydrogen-bond donors (Lipinski definition) is 1. The molecule has 1 amide bonds. The van der Waals surface area contributed by atoms with Crippen LogP contribution in [-0.4, -0.2) is 10.5 Å². The van der Waals surface area contributed by atoms with Gasteiger partial charge in [-0.05, 0) is 55.3 Å². The van der Waals surface area contributed by atoms with Crippen LogP contribution in [0, 0.1) is 18.3 Å². The summed E-state index contributed by atoms with van der Waals surface area (Å²) >= 11 is 1.75. The van der Waals surface area contributed by atoms with Gasteiger partial charge in [0.2, 0.25) is 0 Å². The zero-order valence-electron chi connectivity index (χ0n) is 16.4. The Morgan fingerprint density at radius 2 is 1.96 bits per heavy atom. The molecule has 0 saturated carbocycles.